The predicted molar refractivity (Wildman–Crippen MR) is 43.1 cm³/mol. The van der Waals surface area contributed by atoms with Crippen LogP contribution < -0.4 is 5.73 Å². The number of hydrogen-bond acceptors (Lipinski definition) is 3. The van der Waals surface area contributed by atoms with Crippen molar-refractivity contribution in [2.24, 2.45) is 10.7 Å². The smallest absolute Gasteiger partial charge is 0.268 e. The van der Waals surface area contributed by atoms with Gasteiger partial charge in [0.05, 0.1) is 0 Å². The Kier molecular flexibility index (Phi) is 1.62. The van der Waals surface area contributed by atoms with E-state index in [1.165, 1.54) is 0 Å². The molecular formula is C7H13N3O. The number of nitrogens with zero attached hydrogens (tertiary/aromatic N) is 2. The highest BCUT2D eigenvalue weighted by Crippen LogP contribution is 2.15. The monoisotopic (exact) mass is 155 g/mol. The Bertz CT molecular complexity index is 214. The number of aliphatic imine (C=N–C) groups is 1. The Morgan fingerprint density at radius 1 is 1.55 bits per heavy atom. The summed E-state index contributed by atoms with van der Waals surface area (Å²) in [6, 6.07) is 0. The predicted octanol–water partition coefficient (Wildman–Crippen LogP) is -0.0582. The van der Waals surface area contributed by atoms with Crippen molar-refractivity contribution in [1.82, 2.24) is 4.90 Å². The van der Waals surface area contributed by atoms with E-state index >= 15 is 0 Å². The minimum absolute atomic E-state index is 0.111. The maximum absolute atomic E-state index is 10.8. The van der Waals surface area contributed by atoms with Gasteiger partial charge in [0.2, 0.25) is 0 Å². The molecule has 1 aliphatic rings. The van der Waals surface area contributed by atoms with Gasteiger partial charge in [-0.3, -0.25) is 4.79 Å². The molecule has 0 atom stereocenters. The average molecular weight is 155 g/mol. The van der Waals surface area contributed by atoms with E-state index in [-0.39, 0.29) is 11.4 Å². The largest absolute Gasteiger partial charge is 0.369 e. The van der Waals surface area contributed by atoms with Gasteiger partial charge < -0.3 is 10.6 Å². The molecule has 2 N–H and O–H groups in total. The molecule has 0 spiro atoms. The molecule has 0 saturated heterocycles. The number of guanidine groups is 1. The fourth-order valence-electron chi connectivity index (χ4n) is 1.02. The van der Waals surface area contributed by atoms with Crippen LogP contribution in [0.3, 0.4) is 0 Å². The molecule has 11 heavy (non-hydrogen) atoms. The topological polar surface area (TPSA) is 58.7 Å². The zero-order chi connectivity index (χ0) is 8.65. The summed E-state index contributed by atoms with van der Waals surface area (Å²) in [5.74, 6) is 0.180. The highest BCUT2D eigenvalue weighted by molar-refractivity contribution is 6.00. The van der Waals surface area contributed by atoms with Gasteiger partial charge in [-0.2, -0.15) is 4.99 Å². The molecule has 1 heterocycles. The van der Waals surface area contributed by atoms with E-state index in [0.717, 1.165) is 0 Å². The molecule has 62 valence electrons. The van der Waals surface area contributed by atoms with Crippen LogP contribution >= 0.6 is 0 Å². The molecule has 0 fully saturated rings. The fourth-order valence-corrected chi connectivity index (χ4v) is 1.02. The maximum atomic E-state index is 10.8. The third-order valence-electron chi connectivity index (χ3n) is 1.62. The number of hydrogen-bond donors (Lipinski definition) is 1. The molecule has 4 heteroatoms. The van der Waals surface area contributed by atoms with Gasteiger partial charge in [0.25, 0.3) is 5.91 Å². The van der Waals surface area contributed by atoms with Crippen molar-refractivity contribution in [3.63, 3.8) is 0 Å². The summed E-state index contributed by atoms with van der Waals surface area (Å²) in [5.41, 5.74) is 5.40. The zero-order valence-corrected chi connectivity index (χ0v) is 7.09. The van der Waals surface area contributed by atoms with Gasteiger partial charge in [0.15, 0.2) is 5.96 Å². The molecule has 1 aliphatic heterocycles. The lowest BCUT2D eigenvalue weighted by molar-refractivity contribution is -0.117. The standard InChI is InChI=1S/C7H13N3O/c1-7(2,3)10-4-5(11)9-6(10)8/h4H2,1-3H3,(H2,8,9,11). The summed E-state index contributed by atoms with van der Waals surface area (Å²) >= 11 is 0. The van der Waals surface area contributed by atoms with Gasteiger partial charge in [-0.25, -0.2) is 0 Å². The van der Waals surface area contributed by atoms with E-state index in [1.54, 1.807) is 4.90 Å². The minimum atomic E-state index is -0.155. The van der Waals surface area contributed by atoms with E-state index in [9.17, 15) is 4.79 Å². The second-order valence-corrected chi connectivity index (χ2v) is 3.62. The van der Waals surface area contributed by atoms with Gasteiger partial charge in [0, 0.05) is 5.54 Å². The summed E-state index contributed by atoms with van der Waals surface area (Å²) in [6.45, 7) is 6.30. The molecule has 4 nitrogen and oxygen atoms in total. The molecule has 0 radical (unpaired) electrons. The Balaban J connectivity index is 2.80. The van der Waals surface area contributed by atoms with E-state index in [1.807, 2.05) is 20.8 Å². The van der Waals surface area contributed by atoms with Gasteiger partial charge >= 0.3 is 0 Å². The third kappa shape index (κ3) is 1.50. The Morgan fingerprint density at radius 3 is 2.27 bits per heavy atom. The van der Waals surface area contributed by atoms with Gasteiger partial charge in [-0.1, -0.05) is 0 Å². The number of carbonyl (C=O) groups excluding carboxylic acids is 1. The Morgan fingerprint density at radius 2 is 2.09 bits per heavy atom. The van der Waals surface area contributed by atoms with Crippen molar-refractivity contribution in [2.75, 3.05) is 6.54 Å². The molecule has 0 unspecified atom stereocenters. The van der Waals surface area contributed by atoms with E-state index in [4.69, 9.17) is 5.73 Å². The number of nitrogens with two attached hydrogens (primary N) is 1. The Labute approximate surface area is 66.1 Å². The van der Waals surface area contributed by atoms with Crippen molar-refractivity contribution in [3.8, 4) is 0 Å². The lowest BCUT2D eigenvalue weighted by Gasteiger charge is -2.31. The third-order valence-corrected chi connectivity index (χ3v) is 1.62. The van der Waals surface area contributed by atoms with Crippen molar-refractivity contribution in [2.45, 2.75) is 26.3 Å². The zero-order valence-electron chi connectivity index (χ0n) is 7.09. The summed E-state index contributed by atoms with van der Waals surface area (Å²) in [4.78, 5) is 16.2. The molecular weight excluding hydrogens is 142 g/mol. The molecule has 0 saturated carbocycles. The molecule has 1 amide bonds. The van der Waals surface area contributed by atoms with Crippen LogP contribution in [0.25, 0.3) is 0 Å². The quantitative estimate of drug-likeness (QED) is 0.533. The molecule has 0 aliphatic carbocycles. The van der Waals surface area contributed by atoms with Crippen LogP contribution in [0.4, 0.5) is 0 Å². The number of rotatable bonds is 0. The number of carbonyl (C=O) groups is 1. The second kappa shape index (κ2) is 2.22. The molecule has 0 bridgehead atoms. The van der Waals surface area contributed by atoms with Crippen molar-refractivity contribution in [3.05, 3.63) is 0 Å². The fraction of sp³-hybridized carbons (Fsp3) is 0.714. The lowest BCUT2D eigenvalue weighted by atomic mass is 10.1. The maximum Gasteiger partial charge on any atom is 0.268 e. The summed E-state index contributed by atoms with van der Waals surface area (Å²) in [6.07, 6.45) is 0. The van der Waals surface area contributed by atoms with Crippen LogP contribution in [0.15, 0.2) is 4.99 Å². The summed E-state index contributed by atoms with van der Waals surface area (Å²) in [5, 5.41) is 0. The van der Waals surface area contributed by atoms with Crippen molar-refractivity contribution in [1.29, 1.82) is 0 Å². The lowest BCUT2D eigenvalue weighted by Crippen LogP contribution is -2.47. The number of amides is 1. The van der Waals surface area contributed by atoms with Crippen molar-refractivity contribution < 1.29 is 4.79 Å². The van der Waals surface area contributed by atoms with Gasteiger partial charge in [0.1, 0.15) is 6.54 Å². The molecule has 0 aromatic carbocycles. The normalized spacial score (nSPS) is 19.0. The average Bonchev–Trinajstić information content (AvgIpc) is 2.08. The van der Waals surface area contributed by atoms with Crippen LogP contribution in [-0.2, 0) is 4.79 Å². The summed E-state index contributed by atoms with van der Waals surface area (Å²) in [7, 11) is 0. The highest BCUT2D eigenvalue weighted by Gasteiger charge is 2.29. The first-order valence-corrected chi connectivity index (χ1v) is 3.56. The van der Waals surface area contributed by atoms with Crippen LogP contribution in [0.1, 0.15) is 20.8 Å². The van der Waals surface area contributed by atoms with Crippen LogP contribution in [0.5, 0.6) is 0 Å². The first kappa shape index (κ1) is 8.04. The first-order chi connectivity index (χ1) is 4.91. The summed E-state index contributed by atoms with van der Waals surface area (Å²) < 4.78 is 0. The molecule has 0 aromatic rings. The van der Waals surface area contributed by atoms with Gasteiger partial charge in [-0.05, 0) is 20.8 Å². The van der Waals surface area contributed by atoms with Crippen LogP contribution in [0.2, 0.25) is 0 Å². The minimum Gasteiger partial charge on any atom is -0.369 e. The van der Waals surface area contributed by atoms with E-state index in [2.05, 4.69) is 4.99 Å². The van der Waals surface area contributed by atoms with E-state index < -0.39 is 0 Å². The Hall–Kier alpha value is -1.06. The molecule has 1 rings (SSSR count). The van der Waals surface area contributed by atoms with Gasteiger partial charge in [-0.15, -0.1) is 0 Å². The van der Waals surface area contributed by atoms with Crippen LogP contribution in [0, 0.1) is 0 Å². The SMILES string of the molecule is CC(C)(C)N1CC(=O)N=C1N. The van der Waals surface area contributed by atoms with Crippen LogP contribution in [-0.4, -0.2) is 28.9 Å². The second-order valence-electron chi connectivity index (χ2n) is 3.62. The molecule has 0 aromatic heterocycles. The highest BCUT2D eigenvalue weighted by atomic mass is 16.2. The van der Waals surface area contributed by atoms with Crippen molar-refractivity contribution >= 4 is 11.9 Å². The van der Waals surface area contributed by atoms with E-state index in [0.29, 0.717) is 12.5 Å². The first-order valence-electron chi connectivity index (χ1n) is 3.56.